The van der Waals surface area contributed by atoms with E-state index in [1.165, 1.54) is 18.1 Å². The number of carbonyl (C=O) groups is 1. The zero-order chi connectivity index (χ0) is 32.1. The lowest BCUT2D eigenvalue weighted by atomic mass is 9.87. The number of rotatable bonds is 5. The number of carbonyl (C=O) groups excluding carboxylic acids is 1. The minimum Gasteiger partial charge on any atom is -0.506 e. The van der Waals surface area contributed by atoms with Crippen LogP contribution in [0.1, 0.15) is 65.2 Å². The second kappa shape index (κ2) is 11.1. The molecule has 4 aromatic rings. The van der Waals surface area contributed by atoms with Crippen molar-refractivity contribution in [2.24, 2.45) is 0 Å². The highest BCUT2D eigenvalue weighted by atomic mass is 16.6. The Morgan fingerprint density at radius 1 is 1.07 bits per heavy atom. The normalized spacial score (nSPS) is 13.8. The van der Waals surface area contributed by atoms with Gasteiger partial charge in [0.25, 0.3) is 0 Å². The van der Waals surface area contributed by atoms with E-state index >= 15 is 0 Å². The topological polar surface area (TPSA) is 98.4 Å². The van der Waals surface area contributed by atoms with Gasteiger partial charge in [0.2, 0.25) is 5.43 Å². The summed E-state index contributed by atoms with van der Waals surface area (Å²) < 4.78 is 24.0. The number of allylic oxidation sites excluding steroid dienone is 2. The Morgan fingerprint density at radius 2 is 1.73 bits per heavy atom. The maximum absolute atomic E-state index is 14.1. The fraction of sp³-hybridized carbons (Fsp3) is 0.333. The van der Waals surface area contributed by atoms with Crippen LogP contribution in [0.15, 0.2) is 63.3 Å². The van der Waals surface area contributed by atoms with Crippen LogP contribution in [0.2, 0.25) is 0 Å². The van der Waals surface area contributed by atoms with Gasteiger partial charge in [0.15, 0.2) is 11.5 Å². The number of fused-ring (bicyclic) bond motifs is 3. The number of aromatic hydroxyl groups is 1. The first-order chi connectivity index (χ1) is 20.6. The van der Waals surface area contributed by atoms with Crippen molar-refractivity contribution >= 4 is 39.8 Å². The van der Waals surface area contributed by atoms with E-state index < -0.39 is 17.1 Å². The molecule has 1 aliphatic heterocycles. The van der Waals surface area contributed by atoms with Gasteiger partial charge in [-0.1, -0.05) is 44.6 Å². The van der Waals surface area contributed by atoms with E-state index in [1.807, 2.05) is 64.1 Å². The molecule has 0 radical (unpaired) electrons. The van der Waals surface area contributed by atoms with Gasteiger partial charge in [-0.05, 0) is 69.4 Å². The number of phenolic OH excluding ortho intramolecular Hbond substituents is 1. The molecule has 1 aromatic heterocycles. The Kier molecular flexibility index (Phi) is 7.74. The molecule has 0 atom stereocenters. The summed E-state index contributed by atoms with van der Waals surface area (Å²) in [5, 5.41) is 11.5. The minimum atomic E-state index is -0.642. The Hall–Kier alpha value is -4.72. The van der Waals surface area contributed by atoms with Gasteiger partial charge in [0.05, 0.1) is 18.1 Å². The van der Waals surface area contributed by atoms with Crippen molar-refractivity contribution in [1.82, 2.24) is 0 Å². The summed E-state index contributed by atoms with van der Waals surface area (Å²) in [6, 6.07) is 10.8. The van der Waals surface area contributed by atoms with Gasteiger partial charge in [-0.3, -0.25) is 9.69 Å². The third-order valence-electron chi connectivity index (χ3n) is 7.78. The molecule has 1 amide bonds. The smallest absolute Gasteiger partial charge is 0.419 e. The molecule has 1 aliphatic rings. The fourth-order valence-electron chi connectivity index (χ4n) is 5.28. The van der Waals surface area contributed by atoms with E-state index in [1.54, 1.807) is 19.2 Å². The highest BCUT2D eigenvalue weighted by molar-refractivity contribution is 6.00. The average molecular weight is 598 g/mol. The molecule has 0 saturated carbocycles. The van der Waals surface area contributed by atoms with Crippen LogP contribution < -0.4 is 24.5 Å². The van der Waals surface area contributed by atoms with Crippen LogP contribution in [0.3, 0.4) is 0 Å². The summed E-state index contributed by atoms with van der Waals surface area (Å²) in [5.74, 6) is 0.509. The van der Waals surface area contributed by atoms with Crippen molar-refractivity contribution in [2.45, 2.75) is 65.9 Å². The van der Waals surface area contributed by atoms with E-state index in [2.05, 4.69) is 20.8 Å². The number of nitrogens with zero attached hydrogens (tertiary/aromatic N) is 1. The van der Waals surface area contributed by atoms with Crippen LogP contribution >= 0.6 is 0 Å². The van der Waals surface area contributed by atoms with Crippen LogP contribution in [-0.2, 0) is 11.8 Å². The van der Waals surface area contributed by atoms with Crippen molar-refractivity contribution < 1.29 is 28.5 Å². The van der Waals surface area contributed by atoms with Crippen LogP contribution in [0, 0.1) is 0 Å². The molecule has 0 unspecified atom stereocenters. The van der Waals surface area contributed by atoms with Gasteiger partial charge < -0.3 is 23.7 Å². The number of ether oxygens (including phenoxy) is 3. The average Bonchev–Trinajstić information content (AvgIpc) is 2.94. The van der Waals surface area contributed by atoms with Crippen LogP contribution in [-0.4, -0.2) is 31.0 Å². The van der Waals surface area contributed by atoms with Crippen molar-refractivity contribution in [3.8, 4) is 23.0 Å². The van der Waals surface area contributed by atoms with Crippen molar-refractivity contribution in [1.29, 1.82) is 0 Å². The predicted molar refractivity (Wildman–Crippen MR) is 175 cm³/mol. The van der Waals surface area contributed by atoms with Crippen molar-refractivity contribution in [3.63, 3.8) is 0 Å². The molecule has 2 heterocycles. The summed E-state index contributed by atoms with van der Waals surface area (Å²) in [7, 11) is 3.08. The highest BCUT2D eigenvalue weighted by Gasteiger charge is 2.29. The zero-order valence-electron chi connectivity index (χ0n) is 26.7. The first-order valence-electron chi connectivity index (χ1n) is 14.6. The molecule has 230 valence electrons. The Balaban J connectivity index is 1.66. The lowest BCUT2D eigenvalue weighted by Crippen LogP contribution is -2.29. The largest absolute Gasteiger partial charge is 0.506 e. The quantitative estimate of drug-likeness (QED) is 0.183. The van der Waals surface area contributed by atoms with Crippen LogP contribution in [0.4, 0.5) is 10.5 Å². The van der Waals surface area contributed by atoms with Crippen LogP contribution in [0.5, 0.6) is 23.0 Å². The molecule has 44 heavy (non-hydrogen) atoms. The Labute approximate surface area is 257 Å². The minimum absolute atomic E-state index is 0.0268. The maximum atomic E-state index is 14.1. The Bertz CT molecular complexity index is 1900. The molecule has 5 rings (SSSR count). The Morgan fingerprint density at radius 3 is 2.34 bits per heavy atom. The molecule has 0 spiro atoms. The van der Waals surface area contributed by atoms with Gasteiger partial charge in [-0.15, -0.1) is 0 Å². The summed E-state index contributed by atoms with van der Waals surface area (Å²) in [6.45, 7) is 14.1. The molecular weight excluding hydrogens is 558 g/mol. The van der Waals surface area contributed by atoms with E-state index in [9.17, 15) is 14.7 Å². The summed E-state index contributed by atoms with van der Waals surface area (Å²) in [5.41, 5.74) is 2.98. The van der Waals surface area contributed by atoms with Crippen molar-refractivity contribution in [2.75, 3.05) is 19.1 Å². The molecule has 8 nitrogen and oxygen atoms in total. The first kappa shape index (κ1) is 30.7. The van der Waals surface area contributed by atoms with Crippen LogP contribution in [0.25, 0.3) is 28.0 Å². The predicted octanol–water partition coefficient (Wildman–Crippen LogP) is 8.29. The second-order valence-electron chi connectivity index (χ2n) is 12.9. The molecule has 0 bridgehead atoms. The number of benzene rings is 3. The zero-order valence-corrected chi connectivity index (χ0v) is 26.7. The van der Waals surface area contributed by atoms with Crippen molar-refractivity contribution in [3.05, 3.63) is 81.0 Å². The van der Waals surface area contributed by atoms with E-state index in [0.717, 1.165) is 11.1 Å². The van der Waals surface area contributed by atoms with Gasteiger partial charge in [-0.25, -0.2) is 4.79 Å². The number of hydrogen-bond donors (Lipinski definition) is 1. The molecule has 3 aromatic carbocycles. The van der Waals surface area contributed by atoms with E-state index in [0.29, 0.717) is 29.0 Å². The van der Waals surface area contributed by atoms with Gasteiger partial charge in [0.1, 0.15) is 33.7 Å². The molecule has 0 fully saturated rings. The van der Waals surface area contributed by atoms with E-state index in [4.69, 9.17) is 18.6 Å². The fourth-order valence-corrected chi connectivity index (χ4v) is 5.28. The number of phenols is 1. The molecule has 1 N–H and O–H groups in total. The van der Waals surface area contributed by atoms with Gasteiger partial charge in [-0.2, -0.15) is 0 Å². The number of amides is 1. The summed E-state index contributed by atoms with van der Waals surface area (Å²) in [6.07, 6.45) is 5.18. The number of anilines is 1. The van der Waals surface area contributed by atoms with Gasteiger partial charge in [0, 0.05) is 30.4 Å². The maximum Gasteiger partial charge on any atom is 0.419 e. The van der Waals surface area contributed by atoms with Gasteiger partial charge >= 0.3 is 6.09 Å². The van der Waals surface area contributed by atoms with E-state index in [-0.39, 0.29) is 44.6 Å². The standard InChI is InChI=1S/C36H39NO7/c1-20(2)10-15-24-29-26(42-27-18-25-23(16-17-36(6,7)44-25)31(38)30(27)32(29)39)19-28(33(24)41-9)43-34(40)37(8)22-13-11-21(12-14-22)35(3,4)5/h10-14,16-19,38H,15H2,1-9H3. The monoisotopic (exact) mass is 597 g/mol. The molecular formula is C36H39NO7. The lowest BCUT2D eigenvalue weighted by molar-refractivity contribution is 0.158. The number of hydrogen-bond acceptors (Lipinski definition) is 7. The number of methoxy groups -OCH3 is 1. The second-order valence-corrected chi connectivity index (χ2v) is 12.9. The summed E-state index contributed by atoms with van der Waals surface area (Å²) in [4.78, 5) is 28.9. The molecule has 0 saturated heterocycles. The summed E-state index contributed by atoms with van der Waals surface area (Å²) >= 11 is 0. The SMILES string of the molecule is COc1c(OC(=O)N(C)c2ccc(C(C)(C)C)cc2)cc2oc3cc4c(c(O)c3c(=O)c2c1CC=C(C)C)C=CC(C)(C)O4. The lowest BCUT2D eigenvalue weighted by Gasteiger charge is -2.28. The highest BCUT2D eigenvalue weighted by Crippen LogP contribution is 2.44. The molecule has 0 aliphatic carbocycles. The molecule has 8 heteroatoms. The third-order valence-corrected chi connectivity index (χ3v) is 7.78. The first-order valence-corrected chi connectivity index (χ1v) is 14.6. The third kappa shape index (κ3) is 5.64.